The molecule has 1 rings (SSSR count). The lowest BCUT2D eigenvalue weighted by Crippen LogP contribution is -2.43. The average molecular weight is 270 g/mol. The number of carbonyl (C=O) groups is 3. The summed E-state index contributed by atoms with van der Waals surface area (Å²) in [6.07, 6.45) is -0.643. The van der Waals surface area contributed by atoms with Crippen LogP contribution in [-0.2, 0) is 9.59 Å². The van der Waals surface area contributed by atoms with Crippen molar-refractivity contribution in [3.05, 3.63) is 29.6 Å². The van der Waals surface area contributed by atoms with Gasteiger partial charge in [-0.25, -0.2) is 9.18 Å². The molecule has 0 bridgehead atoms. The Morgan fingerprint density at radius 2 is 2.00 bits per heavy atom. The Balaban J connectivity index is 2.94. The van der Waals surface area contributed by atoms with E-state index in [2.05, 4.69) is 0 Å². The molecule has 0 aromatic heterocycles. The molecule has 0 spiro atoms. The number of hydrogen-bond donors (Lipinski definition) is 4. The number of aromatic hydroxyl groups is 1. The third kappa shape index (κ3) is 3.66. The molecule has 0 aliphatic heterocycles. The van der Waals surface area contributed by atoms with Crippen molar-refractivity contribution < 1.29 is 29.0 Å². The van der Waals surface area contributed by atoms with E-state index < -0.39 is 47.4 Å². The van der Waals surface area contributed by atoms with Gasteiger partial charge in [-0.05, 0) is 12.1 Å². The molecule has 0 radical (unpaired) electrons. The Hall–Kier alpha value is -2.64. The number of primary amides is 1. The molecule has 0 aliphatic carbocycles. The van der Waals surface area contributed by atoms with E-state index in [9.17, 15) is 23.9 Å². The SMILES string of the molecule is NC(=O)CC(NC(=O)c1c(O)cccc1F)C(=O)O. The Labute approximate surface area is 106 Å². The Morgan fingerprint density at radius 3 is 2.47 bits per heavy atom. The van der Waals surface area contributed by atoms with Gasteiger partial charge in [0.25, 0.3) is 5.91 Å². The van der Waals surface area contributed by atoms with Crippen molar-refractivity contribution in [2.45, 2.75) is 12.5 Å². The van der Waals surface area contributed by atoms with Crippen LogP contribution in [0.15, 0.2) is 18.2 Å². The zero-order valence-corrected chi connectivity index (χ0v) is 9.59. The summed E-state index contributed by atoms with van der Waals surface area (Å²) in [6.45, 7) is 0. The van der Waals surface area contributed by atoms with Crippen LogP contribution >= 0.6 is 0 Å². The van der Waals surface area contributed by atoms with Gasteiger partial charge in [0.05, 0.1) is 6.42 Å². The second-order valence-corrected chi connectivity index (χ2v) is 3.67. The molecular weight excluding hydrogens is 259 g/mol. The third-order valence-electron chi connectivity index (χ3n) is 2.23. The molecule has 19 heavy (non-hydrogen) atoms. The van der Waals surface area contributed by atoms with Crippen molar-refractivity contribution in [2.24, 2.45) is 5.73 Å². The van der Waals surface area contributed by atoms with Crippen LogP contribution in [-0.4, -0.2) is 34.0 Å². The van der Waals surface area contributed by atoms with Crippen molar-refractivity contribution in [1.29, 1.82) is 0 Å². The fraction of sp³-hybridized carbons (Fsp3) is 0.182. The summed E-state index contributed by atoms with van der Waals surface area (Å²) in [5, 5.41) is 20.0. The highest BCUT2D eigenvalue weighted by atomic mass is 19.1. The van der Waals surface area contributed by atoms with Gasteiger partial charge in [0.2, 0.25) is 5.91 Å². The summed E-state index contributed by atoms with van der Waals surface area (Å²) in [6, 6.07) is 1.59. The number of amides is 2. The lowest BCUT2D eigenvalue weighted by molar-refractivity contribution is -0.140. The van der Waals surface area contributed by atoms with Gasteiger partial charge in [-0.2, -0.15) is 0 Å². The minimum absolute atomic E-state index is 0.638. The molecule has 1 unspecified atom stereocenters. The zero-order valence-electron chi connectivity index (χ0n) is 9.59. The van der Waals surface area contributed by atoms with Gasteiger partial charge in [0.15, 0.2) is 0 Å². The van der Waals surface area contributed by atoms with Crippen LogP contribution in [0.25, 0.3) is 0 Å². The number of carboxylic acids is 1. The van der Waals surface area contributed by atoms with E-state index in [0.717, 1.165) is 12.1 Å². The fourth-order valence-electron chi connectivity index (χ4n) is 1.37. The molecule has 5 N–H and O–H groups in total. The summed E-state index contributed by atoms with van der Waals surface area (Å²) in [4.78, 5) is 33.1. The minimum atomic E-state index is -1.59. The van der Waals surface area contributed by atoms with Gasteiger partial charge in [-0.3, -0.25) is 9.59 Å². The largest absolute Gasteiger partial charge is 0.507 e. The first-order valence-corrected chi connectivity index (χ1v) is 5.12. The maximum absolute atomic E-state index is 13.4. The normalized spacial score (nSPS) is 11.6. The number of phenols is 1. The highest BCUT2D eigenvalue weighted by Crippen LogP contribution is 2.19. The van der Waals surface area contributed by atoms with Crippen LogP contribution in [0.4, 0.5) is 4.39 Å². The summed E-state index contributed by atoms with van der Waals surface area (Å²) in [5.74, 6) is -5.24. The van der Waals surface area contributed by atoms with Gasteiger partial charge < -0.3 is 21.3 Å². The standard InChI is InChI=1S/C11H11FN2O5/c12-5-2-1-3-7(15)9(5)10(17)14-6(11(18)19)4-8(13)16/h1-3,6,15H,4H2,(H2,13,16)(H,14,17)(H,18,19). The second kappa shape index (κ2) is 5.80. The molecule has 7 nitrogen and oxygen atoms in total. The molecule has 0 aliphatic rings. The Kier molecular flexibility index (Phi) is 4.41. The van der Waals surface area contributed by atoms with Crippen molar-refractivity contribution >= 4 is 17.8 Å². The highest BCUT2D eigenvalue weighted by Gasteiger charge is 2.25. The fourth-order valence-corrected chi connectivity index (χ4v) is 1.37. The lowest BCUT2D eigenvalue weighted by Gasteiger charge is -2.13. The van der Waals surface area contributed by atoms with Gasteiger partial charge in [0.1, 0.15) is 23.2 Å². The topological polar surface area (TPSA) is 130 Å². The predicted octanol–water partition coefficient (Wildman–Crippen LogP) is -0.410. The van der Waals surface area contributed by atoms with E-state index in [1.807, 2.05) is 5.32 Å². The number of benzene rings is 1. The number of hydrogen-bond acceptors (Lipinski definition) is 4. The van der Waals surface area contributed by atoms with E-state index in [1.165, 1.54) is 6.07 Å². The van der Waals surface area contributed by atoms with Crippen LogP contribution in [0.3, 0.4) is 0 Å². The molecule has 0 fully saturated rings. The highest BCUT2D eigenvalue weighted by molar-refractivity contribution is 5.99. The molecule has 8 heteroatoms. The first-order chi connectivity index (χ1) is 8.82. The van der Waals surface area contributed by atoms with Crippen LogP contribution in [0.5, 0.6) is 5.75 Å². The van der Waals surface area contributed by atoms with Crippen molar-refractivity contribution in [2.75, 3.05) is 0 Å². The molecule has 1 atom stereocenters. The van der Waals surface area contributed by atoms with Gasteiger partial charge in [-0.15, -0.1) is 0 Å². The predicted molar refractivity (Wildman–Crippen MR) is 60.8 cm³/mol. The van der Waals surface area contributed by atoms with Crippen LogP contribution in [0.1, 0.15) is 16.8 Å². The Bertz CT molecular complexity index is 512. The number of nitrogens with one attached hydrogen (secondary N) is 1. The van der Waals surface area contributed by atoms with Crippen molar-refractivity contribution in [3.63, 3.8) is 0 Å². The van der Waals surface area contributed by atoms with Gasteiger partial charge in [-0.1, -0.05) is 6.07 Å². The molecule has 0 saturated heterocycles. The molecule has 102 valence electrons. The number of carbonyl (C=O) groups excluding carboxylic acids is 2. The number of nitrogens with two attached hydrogens (primary N) is 1. The molecule has 1 aromatic rings. The number of phenolic OH excluding ortho intramolecular Hbond substituents is 1. The van der Waals surface area contributed by atoms with Gasteiger partial charge >= 0.3 is 5.97 Å². The zero-order chi connectivity index (χ0) is 14.6. The number of rotatable bonds is 5. The molecule has 0 heterocycles. The molecular formula is C11H11FN2O5. The number of aliphatic carboxylic acids is 1. The van der Waals surface area contributed by atoms with E-state index in [-0.39, 0.29) is 0 Å². The van der Waals surface area contributed by atoms with Crippen molar-refractivity contribution in [3.8, 4) is 5.75 Å². The lowest BCUT2D eigenvalue weighted by atomic mass is 10.1. The summed E-state index contributed by atoms with van der Waals surface area (Å²) < 4.78 is 13.4. The molecule has 1 aromatic carbocycles. The van der Waals surface area contributed by atoms with Crippen LogP contribution in [0.2, 0.25) is 0 Å². The maximum Gasteiger partial charge on any atom is 0.326 e. The van der Waals surface area contributed by atoms with Crippen LogP contribution in [0, 0.1) is 5.82 Å². The van der Waals surface area contributed by atoms with Crippen molar-refractivity contribution in [1.82, 2.24) is 5.32 Å². The van der Waals surface area contributed by atoms with E-state index in [4.69, 9.17) is 10.8 Å². The maximum atomic E-state index is 13.4. The van der Waals surface area contributed by atoms with E-state index >= 15 is 0 Å². The van der Waals surface area contributed by atoms with E-state index in [0.29, 0.717) is 0 Å². The first kappa shape index (κ1) is 14.4. The second-order valence-electron chi connectivity index (χ2n) is 3.67. The average Bonchev–Trinajstić information content (AvgIpc) is 2.27. The monoisotopic (exact) mass is 270 g/mol. The Morgan fingerprint density at radius 1 is 1.37 bits per heavy atom. The number of carboxylic acid groups (broad SMARTS) is 1. The van der Waals surface area contributed by atoms with E-state index in [1.54, 1.807) is 0 Å². The third-order valence-corrected chi connectivity index (χ3v) is 2.23. The van der Waals surface area contributed by atoms with Gasteiger partial charge in [0, 0.05) is 0 Å². The quantitative estimate of drug-likeness (QED) is 0.578. The first-order valence-electron chi connectivity index (χ1n) is 5.12. The number of halogens is 1. The summed E-state index contributed by atoms with van der Waals surface area (Å²) >= 11 is 0. The molecule has 0 saturated carbocycles. The summed E-state index contributed by atoms with van der Waals surface area (Å²) in [5.41, 5.74) is 4.13. The smallest absolute Gasteiger partial charge is 0.326 e. The summed E-state index contributed by atoms with van der Waals surface area (Å²) in [7, 11) is 0. The minimum Gasteiger partial charge on any atom is -0.507 e. The van der Waals surface area contributed by atoms with Crippen LogP contribution < -0.4 is 11.1 Å². The molecule has 2 amide bonds.